The standard InChI is InChI=1S/C11H8FN3O3/c12-8-4-2-1-3-7(8)10(16)14-15-11(17)9-5-6-13-18-9/h1-6H,(H,14,16)(H,15,17). The van der Waals surface area contributed by atoms with E-state index >= 15 is 0 Å². The Morgan fingerprint density at radius 2 is 1.83 bits per heavy atom. The average Bonchev–Trinajstić information content (AvgIpc) is 2.90. The number of carbonyl (C=O) groups is 2. The summed E-state index contributed by atoms with van der Waals surface area (Å²) in [5.74, 6) is -2.19. The molecule has 0 unspecified atom stereocenters. The second kappa shape index (κ2) is 5.09. The molecule has 0 radical (unpaired) electrons. The van der Waals surface area contributed by atoms with Crippen LogP contribution in [0.25, 0.3) is 0 Å². The topological polar surface area (TPSA) is 84.2 Å². The maximum Gasteiger partial charge on any atom is 0.308 e. The van der Waals surface area contributed by atoms with Gasteiger partial charge in [-0.2, -0.15) is 0 Å². The van der Waals surface area contributed by atoms with Crippen molar-refractivity contribution in [2.24, 2.45) is 0 Å². The predicted octanol–water partition coefficient (Wildman–Crippen LogP) is 0.888. The van der Waals surface area contributed by atoms with Crippen molar-refractivity contribution in [2.45, 2.75) is 0 Å². The molecule has 0 saturated carbocycles. The maximum absolute atomic E-state index is 13.2. The summed E-state index contributed by atoms with van der Waals surface area (Å²) in [5, 5.41) is 3.33. The molecule has 0 aliphatic heterocycles. The van der Waals surface area contributed by atoms with Crippen molar-refractivity contribution in [1.29, 1.82) is 0 Å². The van der Waals surface area contributed by atoms with Crippen molar-refractivity contribution in [1.82, 2.24) is 16.0 Å². The number of halogens is 1. The highest BCUT2D eigenvalue weighted by atomic mass is 19.1. The number of amides is 2. The highest BCUT2D eigenvalue weighted by molar-refractivity contribution is 5.97. The molecule has 2 rings (SSSR count). The molecular formula is C11H8FN3O3. The third kappa shape index (κ3) is 2.51. The summed E-state index contributed by atoms with van der Waals surface area (Å²) in [4.78, 5) is 22.9. The summed E-state index contributed by atoms with van der Waals surface area (Å²) >= 11 is 0. The van der Waals surface area contributed by atoms with Gasteiger partial charge in [0.1, 0.15) is 5.82 Å². The second-order valence-electron chi connectivity index (χ2n) is 3.26. The van der Waals surface area contributed by atoms with E-state index in [1.54, 1.807) is 0 Å². The molecule has 18 heavy (non-hydrogen) atoms. The van der Waals surface area contributed by atoms with Crippen molar-refractivity contribution >= 4 is 11.8 Å². The Labute approximate surface area is 101 Å². The molecule has 0 fully saturated rings. The Bertz CT molecular complexity index is 569. The number of aromatic nitrogens is 1. The van der Waals surface area contributed by atoms with Crippen LogP contribution in [0, 0.1) is 5.82 Å². The van der Waals surface area contributed by atoms with Crippen LogP contribution in [-0.2, 0) is 0 Å². The molecule has 0 aliphatic rings. The van der Waals surface area contributed by atoms with Crippen molar-refractivity contribution in [3.05, 3.63) is 53.7 Å². The number of rotatable bonds is 2. The summed E-state index contributed by atoms with van der Waals surface area (Å²) in [7, 11) is 0. The Morgan fingerprint density at radius 1 is 1.11 bits per heavy atom. The van der Waals surface area contributed by atoms with Gasteiger partial charge in [-0.25, -0.2) is 4.39 Å². The fourth-order valence-corrected chi connectivity index (χ4v) is 1.22. The lowest BCUT2D eigenvalue weighted by atomic mass is 10.2. The molecule has 2 amide bonds. The molecule has 7 heteroatoms. The fourth-order valence-electron chi connectivity index (χ4n) is 1.22. The van der Waals surface area contributed by atoms with E-state index in [2.05, 4.69) is 20.5 Å². The molecule has 6 nitrogen and oxygen atoms in total. The molecule has 0 bridgehead atoms. The van der Waals surface area contributed by atoms with Gasteiger partial charge >= 0.3 is 5.91 Å². The van der Waals surface area contributed by atoms with Gasteiger partial charge in [-0.3, -0.25) is 20.4 Å². The maximum atomic E-state index is 13.2. The van der Waals surface area contributed by atoms with Crippen LogP contribution in [0.1, 0.15) is 20.9 Å². The smallest absolute Gasteiger partial charge is 0.308 e. The second-order valence-corrected chi connectivity index (χ2v) is 3.26. The SMILES string of the molecule is O=C(NNC(=O)c1ccccc1F)c1ccno1. The Morgan fingerprint density at radius 3 is 2.50 bits per heavy atom. The number of nitrogens with zero attached hydrogens (tertiary/aromatic N) is 1. The van der Waals surface area contributed by atoms with Crippen LogP contribution in [0.2, 0.25) is 0 Å². The molecular weight excluding hydrogens is 241 g/mol. The fraction of sp³-hybridized carbons (Fsp3) is 0. The van der Waals surface area contributed by atoms with Gasteiger partial charge in [0.25, 0.3) is 5.91 Å². The zero-order valence-corrected chi connectivity index (χ0v) is 9.01. The first kappa shape index (κ1) is 11.8. The number of benzene rings is 1. The first-order valence-corrected chi connectivity index (χ1v) is 4.94. The van der Waals surface area contributed by atoms with Gasteiger partial charge in [0.05, 0.1) is 11.8 Å². The van der Waals surface area contributed by atoms with E-state index in [9.17, 15) is 14.0 Å². The molecule has 0 spiro atoms. The van der Waals surface area contributed by atoms with Gasteiger partial charge in [-0.05, 0) is 12.1 Å². The molecule has 0 atom stereocenters. The number of hydrogen-bond acceptors (Lipinski definition) is 4. The molecule has 1 heterocycles. The summed E-state index contributed by atoms with van der Waals surface area (Å²) in [6, 6.07) is 6.73. The molecule has 2 aromatic rings. The molecule has 92 valence electrons. The monoisotopic (exact) mass is 249 g/mol. The lowest BCUT2D eigenvalue weighted by Gasteiger charge is -2.05. The molecule has 0 saturated heterocycles. The van der Waals surface area contributed by atoms with Crippen LogP contribution < -0.4 is 10.9 Å². The van der Waals surface area contributed by atoms with Crippen molar-refractivity contribution in [2.75, 3.05) is 0 Å². The number of hydrazine groups is 1. The van der Waals surface area contributed by atoms with Crippen molar-refractivity contribution < 1.29 is 18.5 Å². The first-order chi connectivity index (χ1) is 8.68. The summed E-state index contributed by atoms with van der Waals surface area (Å²) < 4.78 is 17.8. The van der Waals surface area contributed by atoms with E-state index in [-0.39, 0.29) is 11.3 Å². The molecule has 2 N–H and O–H groups in total. The van der Waals surface area contributed by atoms with Crippen LogP contribution in [0.5, 0.6) is 0 Å². The summed E-state index contributed by atoms with van der Waals surface area (Å²) in [6.07, 6.45) is 1.29. The summed E-state index contributed by atoms with van der Waals surface area (Å²) in [5.41, 5.74) is 3.96. The predicted molar refractivity (Wildman–Crippen MR) is 57.8 cm³/mol. The van der Waals surface area contributed by atoms with Gasteiger partial charge in [-0.1, -0.05) is 17.3 Å². The largest absolute Gasteiger partial charge is 0.351 e. The average molecular weight is 249 g/mol. The van der Waals surface area contributed by atoms with E-state index in [0.29, 0.717) is 0 Å². The minimum atomic E-state index is -0.763. The lowest BCUT2D eigenvalue weighted by molar-refractivity contribution is 0.0823. The highest BCUT2D eigenvalue weighted by Crippen LogP contribution is 2.05. The van der Waals surface area contributed by atoms with Crippen LogP contribution in [0.15, 0.2) is 41.1 Å². The van der Waals surface area contributed by atoms with E-state index in [1.807, 2.05) is 0 Å². The molecule has 1 aromatic carbocycles. The van der Waals surface area contributed by atoms with Gasteiger partial charge in [0.15, 0.2) is 0 Å². The van der Waals surface area contributed by atoms with Crippen LogP contribution in [0.4, 0.5) is 4.39 Å². The number of carbonyl (C=O) groups excluding carboxylic acids is 2. The van der Waals surface area contributed by atoms with E-state index < -0.39 is 17.6 Å². The molecule has 0 aliphatic carbocycles. The van der Waals surface area contributed by atoms with E-state index in [1.165, 1.54) is 30.5 Å². The Kier molecular flexibility index (Phi) is 3.33. The van der Waals surface area contributed by atoms with Gasteiger partial charge in [-0.15, -0.1) is 0 Å². The van der Waals surface area contributed by atoms with Crippen molar-refractivity contribution in [3.8, 4) is 0 Å². The van der Waals surface area contributed by atoms with Crippen LogP contribution in [0.3, 0.4) is 0 Å². The Hall–Kier alpha value is -2.70. The van der Waals surface area contributed by atoms with Crippen LogP contribution in [-0.4, -0.2) is 17.0 Å². The van der Waals surface area contributed by atoms with E-state index in [0.717, 1.165) is 6.07 Å². The zero-order valence-electron chi connectivity index (χ0n) is 9.01. The minimum absolute atomic E-state index is 0.0659. The minimum Gasteiger partial charge on any atom is -0.351 e. The zero-order chi connectivity index (χ0) is 13.0. The third-order valence-electron chi connectivity index (χ3n) is 2.07. The quantitative estimate of drug-likeness (QED) is 0.774. The number of nitrogens with one attached hydrogen (secondary N) is 2. The third-order valence-corrected chi connectivity index (χ3v) is 2.07. The molecule has 1 aromatic heterocycles. The van der Waals surface area contributed by atoms with Gasteiger partial charge in [0.2, 0.25) is 5.76 Å². The lowest BCUT2D eigenvalue weighted by Crippen LogP contribution is -2.41. The Balaban J connectivity index is 1.97. The normalized spacial score (nSPS) is 9.83. The van der Waals surface area contributed by atoms with Crippen molar-refractivity contribution in [3.63, 3.8) is 0 Å². The van der Waals surface area contributed by atoms with Gasteiger partial charge < -0.3 is 4.52 Å². The first-order valence-electron chi connectivity index (χ1n) is 4.94. The number of hydrogen-bond donors (Lipinski definition) is 2. The van der Waals surface area contributed by atoms with Gasteiger partial charge in [0, 0.05) is 6.07 Å². The van der Waals surface area contributed by atoms with Crippen LogP contribution >= 0.6 is 0 Å². The summed E-state index contributed by atoms with van der Waals surface area (Å²) in [6.45, 7) is 0. The van der Waals surface area contributed by atoms with E-state index in [4.69, 9.17) is 0 Å². The highest BCUT2D eigenvalue weighted by Gasteiger charge is 2.13.